The van der Waals surface area contributed by atoms with Crippen molar-refractivity contribution in [2.24, 2.45) is 0 Å². The quantitative estimate of drug-likeness (QED) is 0.151. The Hall–Kier alpha value is -9.26. The van der Waals surface area contributed by atoms with Crippen molar-refractivity contribution in [2.75, 3.05) is 9.80 Å². The lowest BCUT2D eigenvalue weighted by molar-refractivity contribution is 0.664. The first-order valence-electron chi connectivity index (χ1n) is 25.6. The van der Waals surface area contributed by atoms with Gasteiger partial charge in [-0.25, -0.2) is 0 Å². The monoisotopic (exact) mass is 956 g/mol. The van der Waals surface area contributed by atoms with E-state index in [-0.39, 0.29) is 0 Å². The summed E-state index contributed by atoms with van der Waals surface area (Å²) in [6, 6.07) is 74.0. The van der Waals surface area contributed by atoms with Crippen LogP contribution >= 0.6 is 0 Å². The summed E-state index contributed by atoms with van der Waals surface area (Å²) in [7, 11) is 0. The minimum Gasteiger partial charge on any atom is -0.456 e. The van der Waals surface area contributed by atoms with Gasteiger partial charge in [0.15, 0.2) is 0 Å². The van der Waals surface area contributed by atoms with E-state index in [0.717, 1.165) is 143 Å². The standard InChI is InChI=1S/C68H48N2O4/c1-39(2)41-13-19-47(20-14-41)69(48-21-15-42(16-22-48)40(3)4)49-23-17-43-31-55-59-37-68-60(38-67(59)73-65(55)33-45(43)29-49)56-32-44-18-24-50(30-46(44)34-66(56)74-68)70(51-25-27-63-57(35-51)53-9-5-7-11-61(53)71-63)52-26-28-64-58(36-52)54-10-6-8-12-62(54)72-64/h5-40H,1-4H3. The molecule has 0 fully saturated rings. The minimum absolute atomic E-state index is 0.458. The van der Waals surface area contributed by atoms with Crippen molar-refractivity contribution in [1.82, 2.24) is 0 Å². The number of para-hydroxylation sites is 2. The van der Waals surface area contributed by atoms with Gasteiger partial charge >= 0.3 is 0 Å². The highest BCUT2D eigenvalue weighted by atomic mass is 16.3. The molecule has 6 nitrogen and oxygen atoms in total. The summed E-state index contributed by atoms with van der Waals surface area (Å²) in [5, 5.41) is 12.9. The molecule has 0 amide bonds. The van der Waals surface area contributed by atoms with Gasteiger partial charge in [0.1, 0.15) is 44.7 Å². The lowest BCUT2D eigenvalue weighted by atomic mass is 10.0. The van der Waals surface area contributed by atoms with E-state index in [1.165, 1.54) is 11.1 Å². The maximum Gasteiger partial charge on any atom is 0.136 e. The van der Waals surface area contributed by atoms with E-state index in [2.05, 4.69) is 219 Å². The molecule has 15 aromatic rings. The van der Waals surface area contributed by atoms with Gasteiger partial charge in [0, 0.05) is 77.2 Å². The molecule has 0 unspecified atom stereocenters. The van der Waals surface area contributed by atoms with E-state index in [0.29, 0.717) is 11.8 Å². The fourth-order valence-electron chi connectivity index (χ4n) is 11.4. The van der Waals surface area contributed by atoms with Crippen LogP contribution in [0, 0.1) is 0 Å². The third-order valence-electron chi connectivity index (χ3n) is 15.3. The molecule has 6 heteroatoms. The summed E-state index contributed by atoms with van der Waals surface area (Å²) >= 11 is 0. The molecule has 0 saturated carbocycles. The molecular formula is C68H48N2O4. The van der Waals surface area contributed by atoms with Crippen LogP contribution in [0.2, 0.25) is 0 Å². The second-order valence-corrected chi connectivity index (χ2v) is 20.5. The molecule has 0 spiro atoms. The van der Waals surface area contributed by atoms with Crippen molar-refractivity contribution < 1.29 is 17.7 Å². The average Bonchev–Trinajstić information content (AvgIpc) is 4.18. The van der Waals surface area contributed by atoms with Gasteiger partial charge in [-0.05, 0) is 178 Å². The summed E-state index contributed by atoms with van der Waals surface area (Å²) in [6.45, 7) is 8.95. The van der Waals surface area contributed by atoms with Crippen LogP contribution in [0.5, 0.6) is 0 Å². The van der Waals surface area contributed by atoms with Gasteiger partial charge in [0.05, 0.1) is 0 Å². The maximum absolute atomic E-state index is 6.79. The van der Waals surface area contributed by atoms with Crippen LogP contribution in [-0.2, 0) is 0 Å². The maximum atomic E-state index is 6.79. The first-order valence-corrected chi connectivity index (χ1v) is 25.6. The molecule has 0 N–H and O–H groups in total. The topological polar surface area (TPSA) is 59.0 Å². The Morgan fingerprint density at radius 1 is 0.243 bits per heavy atom. The van der Waals surface area contributed by atoms with Gasteiger partial charge < -0.3 is 27.5 Å². The van der Waals surface area contributed by atoms with Crippen molar-refractivity contribution in [2.45, 2.75) is 39.5 Å². The molecule has 0 aliphatic rings. The smallest absolute Gasteiger partial charge is 0.136 e. The van der Waals surface area contributed by atoms with E-state index >= 15 is 0 Å². The Morgan fingerprint density at radius 2 is 0.568 bits per heavy atom. The zero-order valence-electron chi connectivity index (χ0n) is 41.3. The lowest BCUT2D eigenvalue weighted by Gasteiger charge is -2.26. The number of fused-ring (bicyclic) bond motifs is 14. The molecule has 74 heavy (non-hydrogen) atoms. The number of furan rings is 4. The summed E-state index contributed by atoms with van der Waals surface area (Å²) in [6.07, 6.45) is 0. The number of benzene rings is 11. The Labute approximate surface area is 425 Å². The summed E-state index contributed by atoms with van der Waals surface area (Å²) in [5.41, 5.74) is 15.8. The number of hydrogen-bond acceptors (Lipinski definition) is 6. The van der Waals surface area contributed by atoms with E-state index in [1.807, 2.05) is 24.3 Å². The Bertz CT molecular complexity index is 4570. The van der Waals surface area contributed by atoms with Gasteiger partial charge in [-0.2, -0.15) is 0 Å². The predicted octanol–water partition coefficient (Wildman–Crippen LogP) is 20.8. The van der Waals surface area contributed by atoms with E-state index < -0.39 is 0 Å². The van der Waals surface area contributed by atoms with Crippen LogP contribution in [0.25, 0.3) is 109 Å². The first-order chi connectivity index (χ1) is 36.2. The number of anilines is 6. The van der Waals surface area contributed by atoms with E-state index in [4.69, 9.17) is 17.7 Å². The second kappa shape index (κ2) is 16.1. The lowest BCUT2D eigenvalue weighted by Crippen LogP contribution is -2.10. The van der Waals surface area contributed by atoms with Gasteiger partial charge in [-0.15, -0.1) is 0 Å². The summed E-state index contributed by atoms with van der Waals surface area (Å²) in [5.74, 6) is 0.916. The molecule has 354 valence electrons. The van der Waals surface area contributed by atoms with Crippen LogP contribution in [0.3, 0.4) is 0 Å². The van der Waals surface area contributed by atoms with Crippen molar-refractivity contribution in [3.05, 3.63) is 217 Å². The van der Waals surface area contributed by atoms with Crippen LogP contribution in [0.4, 0.5) is 34.1 Å². The summed E-state index contributed by atoms with van der Waals surface area (Å²) in [4.78, 5) is 4.67. The number of hydrogen-bond donors (Lipinski definition) is 0. The molecule has 11 aromatic carbocycles. The first kappa shape index (κ1) is 42.4. The minimum atomic E-state index is 0.458. The molecule has 0 bridgehead atoms. The molecule has 0 aliphatic heterocycles. The third-order valence-corrected chi connectivity index (χ3v) is 15.3. The van der Waals surface area contributed by atoms with Crippen LogP contribution < -0.4 is 9.80 Å². The molecule has 4 aromatic heterocycles. The zero-order valence-corrected chi connectivity index (χ0v) is 41.3. The van der Waals surface area contributed by atoms with Gasteiger partial charge in [-0.3, -0.25) is 0 Å². The fraction of sp³-hybridized carbons (Fsp3) is 0.0882. The van der Waals surface area contributed by atoms with E-state index in [9.17, 15) is 0 Å². The molecule has 0 aliphatic carbocycles. The number of nitrogens with zero attached hydrogens (tertiary/aromatic N) is 2. The third kappa shape index (κ3) is 6.71. The molecule has 0 radical (unpaired) electrons. The Kier molecular flexibility index (Phi) is 9.24. The SMILES string of the molecule is CC(C)c1ccc(N(c2ccc(C(C)C)cc2)c2ccc3cc4c(cc3c2)oc2cc3c(cc24)oc2cc4cc(N(c5ccc6oc7ccccc7c6c5)c5ccc6oc7ccccc7c6c5)ccc4cc23)cc1. The highest BCUT2D eigenvalue weighted by Gasteiger charge is 2.21. The number of rotatable bonds is 8. The Morgan fingerprint density at radius 3 is 1.01 bits per heavy atom. The van der Waals surface area contributed by atoms with Crippen LogP contribution in [-0.4, -0.2) is 0 Å². The van der Waals surface area contributed by atoms with Crippen molar-refractivity contribution in [3.63, 3.8) is 0 Å². The second-order valence-electron chi connectivity index (χ2n) is 20.5. The van der Waals surface area contributed by atoms with E-state index in [1.54, 1.807) is 0 Å². The van der Waals surface area contributed by atoms with Gasteiger partial charge in [0.2, 0.25) is 0 Å². The van der Waals surface area contributed by atoms with Crippen LogP contribution in [0.1, 0.15) is 50.7 Å². The molecule has 0 atom stereocenters. The predicted molar refractivity (Wildman–Crippen MR) is 308 cm³/mol. The van der Waals surface area contributed by atoms with Gasteiger partial charge in [-0.1, -0.05) is 100 Å². The highest BCUT2D eigenvalue weighted by Crippen LogP contribution is 2.45. The normalized spacial score (nSPS) is 12.3. The molecule has 15 rings (SSSR count). The summed E-state index contributed by atoms with van der Waals surface area (Å²) < 4.78 is 26.1. The average molecular weight is 957 g/mol. The largest absolute Gasteiger partial charge is 0.456 e. The fourth-order valence-corrected chi connectivity index (χ4v) is 11.4. The molecular weight excluding hydrogens is 909 g/mol. The van der Waals surface area contributed by atoms with Crippen molar-refractivity contribution >= 4 is 143 Å². The highest BCUT2D eigenvalue weighted by molar-refractivity contribution is 6.18. The zero-order chi connectivity index (χ0) is 49.3. The van der Waals surface area contributed by atoms with Crippen molar-refractivity contribution in [3.8, 4) is 0 Å². The molecule has 0 saturated heterocycles. The Balaban J connectivity index is 0.825. The van der Waals surface area contributed by atoms with Crippen molar-refractivity contribution in [1.29, 1.82) is 0 Å². The molecule has 4 heterocycles. The van der Waals surface area contributed by atoms with Gasteiger partial charge in [0.25, 0.3) is 0 Å². The van der Waals surface area contributed by atoms with Crippen LogP contribution in [0.15, 0.2) is 224 Å².